The first-order chi connectivity index (χ1) is 17.7. The molecule has 4 rings (SSSR count). The number of pyridine rings is 1. The maximum atomic E-state index is 11.8. The second kappa shape index (κ2) is 11.4. The van der Waals surface area contributed by atoms with E-state index in [0.717, 1.165) is 39.8 Å². The number of ether oxygens (including phenoxy) is 1. The van der Waals surface area contributed by atoms with Crippen molar-refractivity contribution in [2.24, 2.45) is 4.99 Å². The molecule has 0 unspecified atom stereocenters. The quantitative estimate of drug-likeness (QED) is 0.259. The van der Waals surface area contributed by atoms with Crippen molar-refractivity contribution in [1.29, 1.82) is 0 Å². The number of rotatable bonds is 7. The molecule has 0 amide bonds. The molecule has 3 aromatic heterocycles. The van der Waals surface area contributed by atoms with E-state index < -0.39 is 9.84 Å². The van der Waals surface area contributed by atoms with Crippen molar-refractivity contribution < 1.29 is 13.2 Å². The molecular formula is C26H30N6O3S2. The highest BCUT2D eigenvalue weighted by molar-refractivity contribution is 7.95. The standard InChI is InChI=1S/C26H30N6O3S2/c1-5-21(37(4,33)34)16-27-14-17(2)12-18(3)22-23(36)26(32-8-10-35-11-9-32)31-25(30-22)20-13-19-6-7-28-24(19)29-15-20/h5-7,12-16,36H,8-11H2,1-4H3,(H,28,29)/b17-14+,18-12+,21-5+,27-16-. The molecule has 1 N–H and O–H groups in total. The minimum atomic E-state index is -3.32. The summed E-state index contributed by atoms with van der Waals surface area (Å²) in [5.74, 6) is 1.31. The van der Waals surface area contributed by atoms with Crippen LogP contribution in [0.2, 0.25) is 0 Å². The molecule has 0 spiro atoms. The number of hydrogen-bond acceptors (Lipinski definition) is 9. The molecule has 0 atom stereocenters. The number of aromatic nitrogens is 4. The van der Waals surface area contributed by atoms with Crippen LogP contribution in [-0.2, 0) is 14.6 Å². The average Bonchev–Trinajstić information content (AvgIpc) is 3.34. The third-order valence-corrected chi connectivity index (χ3v) is 7.45. The van der Waals surface area contributed by atoms with Gasteiger partial charge in [0.05, 0.1) is 28.7 Å². The lowest BCUT2D eigenvalue weighted by Crippen LogP contribution is -2.37. The highest BCUT2D eigenvalue weighted by Crippen LogP contribution is 2.33. The Labute approximate surface area is 222 Å². The molecule has 1 saturated heterocycles. The zero-order chi connectivity index (χ0) is 26.6. The third kappa shape index (κ3) is 6.35. The number of morpholine rings is 1. The molecule has 0 aliphatic carbocycles. The summed E-state index contributed by atoms with van der Waals surface area (Å²) in [7, 11) is -3.32. The molecule has 0 radical (unpaired) electrons. The number of nitrogens with one attached hydrogen (secondary N) is 1. The SMILES string of the molecule is C\C=C(/C=N\C=C(C)\C=C(/C)c1nc(-c2cnc3[nH]ccc3c2)nc(N2CCOCC2)c1S)S(C)(=O)=O. The predicted molar refractivity (Wildman–Crippen MR) is 152 cm³/mol. The second-order valence-electron chi connectivity index (χ2n) is 8.75. The van der Waals surface area contributed by atoms with Crippen molar-refractivity contribution in [1.82, 2.24) is 19.9 Å². The van der Waals surface area contributed by atoms with E-state index in [1.807, 2.05) is 38.3 Å². The van der Waals surface area contributed by atoms with Gasteiger partial charge in [-0.05, 0) is 44.1 Å². The van der Waals surface area contributed by atoms with Crippen molar-refractivity contribution in [3.05, 3.63) is 59.1 Å². The van der Waals surface area contributed by atoms with E-state index in [-0.39, 0.29) is 4.91 Å². The first kappa shape index (κ1) is 26.8. The lowest BCUT2D eigenvalue weighted by atomic mass is 10.1. The minimum absolute atomic E-state index is 0.165. The molecular weight excluding hydrogens is 508 g/mol. The summed E-state index contributed by atoms with van der Waals surface area (Å²) < 4.78 is 29.1. The van der Waals surface area contributed by atoms with Crippen LogP contribution in [0.1, 0.15) is 26.5 Å². The fraction of sp³-hybridized carbons (Fsp3) is 0.308. The summed E-state index contributed by atoms with van der Waals surface area (Å²) in [6.45, 7) is 8.18. The summed E-state index contributed by atoms with van der Waals surface area (Å²) in [5.41, 5.74) is 4.01. The van der Waals surface area contributed by atoms with E-state index in [4.69, 9.17) is 27.3 Å². The van der Waals surface area contributed by atoms with Gasteiger partial charge < -0.3 is 14.6 Å². The van der Waals surface area contributed by atoms with Crippen molar-refractivity contribution in [3.63, 3.8) is 0 Å². The summed E-state index contributed by atoms with van der Waals surface area (Å²) in [6.07, 6.45) is 11.2. The highest BCUT2D eigenvalue weighted by Gasteiger charge is 2.21. The van der Waals surface area contributed by atoms with Crippen LogP contribution in [0.25, 0.3) is 28.0 Å². The zero-order valence-corrected chi connectivity index (χ0v) is 23.0. The van der Waals surface area contributed by atoms with Crippen molar-refractivity contribution >= 4 is 51.1 Å². The summed E-state index contributed by atoms with van der Waals surface area (Å²) in [4.78, 5) is 24.6. The number of H-pyrrole nitrogens is 1. The Hall–Kier alpha value is -3.28. The van der Waals surface area contributed by atoms with Gasteiger partial charge in [-0.3, -0.25) is 4.99 Å². The number of anilines is 1. The molecule has 1 fully saturated rings. The number of fused-ring (bicyclic) bond motifs is 1. The van der Waals surface area contributed by atoms with E-state index in [1.54, 1.807) is 19.3 Å². The lowest BCUT2D eigenvalue weighted by Gasteiger charge is -2.29. The molecule has 9 nitrogen and oxygen atoms in total. The van der Waals surface area contributed by atoms with Gasteiger partial charge in [-0.15, -0.1) is 12.6 Å². The van der Waals surface area contributed by atoms with Gasteiger partial charge in [0, 0.05) is 55.1 Å². The highest BCUT2D eigenvalue weighted by atomic mass is 32.2. The van der Waals surface area contributed by atoms with Crippen molar-refractivity contribution in [2.75, 3.05) is 37.5 Å². The third-order valence-electron chi connectivity index (χ3n) is 5.84. The van der Waals surface area contributed by atoms with Crippen LogP contribution in [0.4, 0.5) is 5.82 Å². The molecule has 11 heteroatoms. The van der Waals surface area contributed by atoms with E-state index in [2.05, 4.69) is 19.9 Å². The summed E-state index contributed by atoms with van der Waals surface area (Å²) in [5, 5.41) is 0.976. The number of aliphatic imine (C=N–C) groups is 1. The van der Waals surface area contributed by atoms with E-state index in [1.165, 1.54) is 12.3 Å². The lowest BCUT2D eigenvalue weighted by molar-refractivity contribution is 0.122. The predicted octanol–water partition coefficient (Wildman–Crippen LogP) is 4.47. The summed E-state index contributed by atoms with van der Waals surface area (Å²) in [6, 6.07) is 3.98. The normalized spacial score (nSPS) is 16.2. The molecule has 1 aliphatic rings. The molecule has 4 heterocycles. The Morgan fingerprint density at radius 3 is 2.70 bits per heavy atom. The molecule has 1 aliphatic heterocycles. The molecule has 3 aromatic rings. The molecule has 194 valence electrons. The minimum Gasteiger partial charge on any atom is -0.378 e. The van der Waals surface area contributed by atoms with Gasteiger partial charge >= 0.3 is 0 Å². The van der Waals surface area contributed by atoms with Crippen molar-refractivity contribution in [2.45, 2.75) is 25.7 Å². The Kier molecular flexibility index (Phi) is 8.25. The first-order valence-electron chi connectivity index (χ1n) is 11.8. The first-order valence-corrected chi connectivity index (χ1v) is 14.1. The van der Waals surface area contributed by atoms with Gasteiger partial charge in [0.15, 0.2) is 15.7 Å². The van der Waals surface area contributed by atoms with Gasteiger partial charge in [0.25, 0.3) is 0 Å². The van der Waals surface area contributed by atoms with Crippen LogP contribution < -0.4 is 4.90 Å². The maximum Gasteiger partial charge on any atom is 0.176 e. The number of hydrogen-bond donors (Lipinski definition) is 2. The molecule has 37 heavy (non-hydrogen) atoms. The monoisotopic (exact) mass is 538 g/mol. The number of aromatic amines is 1. The van der Waals surface area contributed by atoms with Gasteiger partial charge in [-0.25, -0.2) is 23.4 Å². The van der Waals surface area contributed by atoms with Crippen LogP contribution in [0.15, 0.2) is 63.2 Å². The van der Waals surface area contributed by atoms with Gasteiger partial charge in [-0.1, -0.05) is 12.2 Å². The summed E-state index contributed by atoms with van der Waals surface area (Å²) >= 11 is 4.84. The topological polar surface area (TPSA) is 113 Å². The van der Waals surface area contributed by atoms with Gasteiger partial charge in [0.1, 0.15) is 11.5 Å². The molecule has 0 bridgehead atoms. The second-order valence-corrected chi connectivity index (χ2v) is 11.2. The van der Waals surface area contributed by atoms with Gasteiger partial charge in [-0.2, -0.15) is 0 Å². The van der Waals surface area contributed by atoms with Crippen LogP contribution in [0, 0.1) is 0 Å². The Morgan fingerprint density at radius 1 is 1.24 bits per heavy atom. The number of thiol groups is 1. The number of sulfone groups is 1. The van der Waals surface area contributed by atoms with Gasteiger partial charge in [0.2, 0.25) is 0 Å². The molecule has 0 saturated carbocycles. The average molecular weight is 539 g/mol. The van der Waals surface area contributed by atoms with E-state index in [9.17, 15) is 8.42 Å². The number of allylic oxidation sites excluding steroid dienone is 5. The van der Waals surface area contributed by atoms with Crippen LogP contribution in [-0.4, -0.2) is 67.1 Å². The van der Waals surface area contributed by atoms with Crippen LogP contribution in [0.5, 0.6) is 0 Å². The Bertz CT molecular complexity index is 1530. The Morgan fingerprint density at radius 2 is 2.00 bits per heavy atom. The Balaban J connectivity index is 1.74. The van der Waals surface area contributed by atoms with E-state index in [0.29, 0.717) is 42.7 Å². The fourth-order valence-electron chi connectivity index (χ4n) is 3.96. The fourth-order valence-corrected chi connectivity index (χ4v) is 5.06. The largest absolute Gasteiger partial charge is 0.378 e. The molecule has 0 aromatic carbocycles. The van der Waals surface area contributed by atoms with Crippen LogP contribution >= 0.6 is 12.6 Å². The number of nitrogens with zero attached hydrogens (tertiary/aromatic N) is 5. The van der Waals surface area contributed by atoms with Crippen LogP contribution in [0.3, 0.4) is 0 Å². The smallest absolute Gasteiger partial charge is 0.176 e. The maximum absolute atomic E-state index is 11.8. The van der Waals surface area contributed by atoms with E-state index >= 15 is 0 Å². The van der Waals surface area contributed by atoms with Crippen molar-refractivity contribution in [3.8, 4) is 11.4 Å². The zero-order valence-electron chi connectivity index (χ0n) is 21.3.